The quantitative estimate of drug-likeness (QED) is 0.880. The number of aryl methyl sites for hydroxylation is 1. The Kier molecular flexibility index (Phi) is 4.27. The molecule has 1 aromatic rings. The van der Waals surface area contributed by atoms with E-state index in [0.29, 0.717) is 42.5 Å². The number of nitrogens with zero attached hydrogens (tertiary/aromatic N) is 3. The Labute approximate surface area is 114 Å². The summed E-state index contributed by atoms with van der Waals surface area (Å²) in [5.41, 5.74) is 6.77. The third-order valence-electron chi connectivity index (χ3n) is 3.57. The molecule has 0 saturated carbocycles. The SMILES string of the molecule is Cc1nn(CCN)c(C)c1S(=O)(=O)N1CCCCC1. The van der Waals surface area contributed by atoms with Gasteiger partial charge in [-0.15, -0.1) is 0 Å². The van der Waals surface area contributed by atoms with Gasteiger partial charge in [0.1, 0.15) is 4.90 Å². The maximum Gasteiger partial charge on any atom is 0.246 e. The molecule has 2 heterocycles. The van der Waals surface area contributed by atoms with E-state index in [2.05, 4.69) is 5.10 Å². The minimum absolute atomic E-state index is 0.364. The zero-order chi connectivity index (χ0) is 14.0. The Balaban J connectivity index is 2.39. The summed E-state index contributed by atoms with van der Waals surface area (Å²) in [5, 5.41) is 4.29. The maximum atomic E-state index is 12.7. The van der Waals surface area contributed by atoms with Crippen LogP contribution < -0.4 is 5.73 Å². The van der Waals surface area contributed by atoms with E-state index in [4.69, 9.17) is 5.73 Å². The molecule has 7 heteroatoms. The first-order valence-corrected chi connectivity index (χ1v) is 8.16. The fourth-order valence-corrected chi connectivity index (χ4v) is 4.52. The zero-order valence-electron chi connectivity index (χ0n) is 11.6. The smallest absolute Gasteiger partial charge is 0.246 e. The van der Waals surface area contributed by atoms with Crippen LogP contribution in [0.25, 0.3) is 0 Å². The van der Waals surface area contributed by atoms with Gasteiger partial charge in [-0.05, 0) is 26.7 Å². The normalized spacial score (nSPS) is 17.8. The van der Waals surface area contributed by atoms with Crippen molar-refractivity contribution in [1.82, 2.24) is 14.1 Å². The minimum Gasteiger partial charge on any atom is -0.329 e. The minimum atomic E-state index is -3.41. The van der Waals surface area contributed by atoms with E-state index < -0.39 is 10.0 Å². The molecule has 2 rings (SSSR count). The van der Waals surface area contributed by atoms with Crippen LogP contribution in [0.2, 0.25) is 0 Å². The van der Waals surface area contributed by atoms with E-state index in [9.17, 15) is 8.42 Å². The van der Waals surface area contributed by atoms with Crippen LogP contribution in [0.4, 0.5) is 0 Å². The Morgan fingerprint density at radius 1 is 1.21 bits per heavy atom. The number of hydrogen-bond donors (Lipinski definition) is 1. The first kappa shape index (κ1) is 14.5. The van der Waals surface area contributed by atoms with Gasteiger partial charge in [-0.3, -0.25) is 4.68 Å². The maximum absolute atomic E-state index is 12.7. The van der Waals surface area contributed by atoms with Crippen molar-refractivity contribution in [2.24, 2.45) is 5.73 Å². The van der Waals surface area contributed by atoms with Crippen LogP contribution in [0.5, 0.6) is 0 Å². The second-order valence-corrected chi connectivity index (χ2v) is 6.85. The molecule has 0 aromatic carbocycles. The number of aromatic nitrogens is 2. The van der Waals surface area contributed by atoms with Crippen molar-refractivity contribution < 1.29 is 8.42 Å². The van der Waals surface area contributed by atoms with E-state index in [1.807, 2.05) is 0 Å². The molecule has 1 aliphatic heterocycles. The average Bonchev–Trinajstić information content (AvgIpc) is 2.66. The van der Waals surface area contributed by atoms with Gasteiger partial charge < -0.3 is 5.73 Å². The number of hydrogen-bond acceptors (Lipinski definition) is 4. The Morgan fingerprint density at radius 2 is 1.84 bits per heavy atom. The Morgan fingerprint density at radius 3 is 2.42 bits per heavy atom. The van der Waals surface area contributed by atoms with Crippen LogP contribution in [0.15, 0.2) is 4.90 Å². The van der Waals surface area contributed by atoms with Crippen molar-refractivity contribution in [3.05, 3.63) is 11.4 Å². The monoisotopic (exact) mass is 286 g/mol. The number of sulfonamides is 1. The molecule has 1 aliphatic rings. The van der Waals surface area contributed by atoms with Crippen molar-refractivity contribution in [3.8, 4) is 0 Å². The first-order chi connectivity index (χ1) is 8.98. The summed E-state index contributed by atoms with van der Waals surface area (Å²) in [6.07, 6.45) is 2.99. The van der Waals surface area contributed by atoms with Crippen molar-refractivity contribution in [3.63, 3.8) is 0 Å². The van der Waals surface area contributed by atoms with Crippen LogP contribution in [0.1, 0.15) is 30.7 Å². The van der Waals surface area contributed by atoms with Crippen molar-refractivity contribution in [2.45, 2.75) is 44.6 Å². The number of piperidine rings is 1. The molecule has 0 bridgehead atoms. The lowest BCUT2D eigenvalue weighted by Crippen LogP contribution is -2.36. The van der Waals surface area contributed by atoms with Crippen molar-refractivity contribution in [1.29, 1.82) is 0 Å². The van der Waals surface area contributed by atoms with Crippen LogP contribution in [0.3, 0.4) is 0 Å². The van der Waals surface area contributed by atoms with Gasteiger partial charge in [-0.1, -0.05) is 6.42 Å². The molecule has 0 unspecified atom stereocenters. The van der Waals surface area contributed by atoms with Gasteiger partial charge >= 0.3 is 0 Å². The molecule has 6 nitrogen and oxygen atoms in total. The zero-order valence-corrected chi connectivity index (χ0v) is 12.4. The van der Waals surface area contributed by atoms with Gasteiger partial charge in [0.15, 0.2) is 0 Å². The van der Waals surface area contributed by atoms with Gasteiger partial charge in [0, 0.05) is 19.6 Å². The lowest BCUT2D eigenvalue weighted by atomic mass is 10.2. The van der Waals surface area contributed by atoms with E-state index in [-0.39, 0.29) is 0 Å². The molecule has 1 aromatic heterocycles. The highest BCUT2D eigenvalue weighted by molar-refractivity contribution is 7.89. The molecule has 2 N–H and O–H groups in total. The Hall–Kier alpha value is -0.920. The van der Waals surface area contributed by atoms with Crippen molar-refractivity contribution >= 4 is 10.0 Å². The average molecular weight is 286 g/mol. The highest BCUT2D eigenvalue weighted by Crippen LogP contribution is 2.25. The fraction of sp³-hybridized carbons (Fsp3) is 0.750. The van der Waals surface area contributed by atoms with E-state index in [1.165, 1.54) is 0 Å². The molecule has 0 radical (unpaired) electrons. The lowest BCUT2D eigenvalue weighted by Gasteiger charge is -2.25. The molecule has 1 fully saturated rings. The third kappa shape index (κ3) is 2.68. The summed E-state index contributed by atoms with van der Waals surface area (Å²) < 4.78 is 28.6. The van der Waals surface area contributed by atoms with Gasteiger partial charge in [0.05, 0.1) is 17.9 Å². The molecule has 0 atom stereocenters. The fourth-order valence-electron chi connectivity index (χ4n) is 2.63. The molecule has 1 saturated heterocycles. The van der Waals surface area contributed by atoms with Gasteiger partial charge in [0.2, 0.25) is 10.0 Å². The van der Waals surface area contributed by atoms with E-state index in [0.717, 1.165) is 19.3 Å². The van der Waals surface area contributed by atoms with E-state index >= 15 is 0 Å². The lowest BCUT2D eigenvalue weighted by molar-refractivity contribution is 0.346. The predicted molar refractivity (Wildman–Crippen MR) is 73.4 cm³/mol. The summed E-state index contributed by atoms with van der Waals surface area (Å²) in [4.78, 5) is 0.364. The molecule has 19 heavy (non-hydrogen) atoms. The molecular formula is C12H22N4O2S. The standard InChI is InChI=1S/C12H22N4O2S/c1-10-12(11(2)16(14-10)9-6-13)19(17,18)15-7-4-3-5-8-15/h3-9,13H2,1-2H3. The van der Waals surface area contributed by atoms with Crippen LogP contribution in [-0.2, 0) is 16.6 Å². The number of rotatable bonds is 4. The second kappa shape index (κ2) is 5.60. The summed E-state index contributed by atoms with van der Waals surface area (Å²) >= 11 is 0. The first-order valence-electron chi connectivity index (χ1n) is 6.72. The van der Waals surface area contributed by atoms with Gasteiger partial charge in [-0.2, -0.15) is 9.40 Å². The molecular weight excluding hydrogens is 264 g/mol. The molecule has 0 amide bonds. The van der Waals surface area contributed by atoms with Crippen LogP contribution >= 0.6 is 0 Å². The largest absolute Gasteiger partial charge is 0.329 e. The molecule has 0 spiro atoms. The Bertz CT molecular complexity index is 544. The highest BCUT2D eigenvalue weighted by atomic mass is 32.2. The third-order valence-corrected chi connectivity index (χ3v) is 5.72. The summed E-state index contributed by atoms with van der Waals surface area (Å²) in [6, 6.07) is 0. The van der Waals surface area contributed by atoms with Crippen LogP contribution in [-0.4, -0.2) is 42.1 Å². The highest BCUT2D eigenvalue weighted by Gasteiger charge is 2.31. The second-order valence-electron chi connectivity index (χ2n) is 4.98. The van der Waals surface area contributed by atoms with Gasteiger partial charge in [-0.25, -0.2) is 8.42 Å². The molecule has 0 aliphatic carbocycles. The summed E-state index contributed by atoms with van der Waals surface area (Å²) in [6.45, 7) is 5.77. The topological polar surface area (TPSA) is 81.2 Å². The predicted octanol–water partition coefficient (Wildman–Crippen LogP) is 0.633. The van der Waals surface area contributed by atoms with Crippen molar-refractivity contribution in [2.75, 3.05) is 19.6 Å². The van der Waals surface area contributed by atoms with E-state index in [1.54, 1.807) is 22.8 Å². The van der Waals surface area contributed by atoms with Crippen LogP contribution in [0, 0.1) is 13.8 Å². The van der Waals surface area contributed by atoms with Gasteiger partial charge in [0.25, 0.3) is 0 Å². The number of nitrogens with two attached hydrogens (primary N) is 1. The summed E-state index contributed by atoms with van der Waals surface area (Å²) in [7, 11) is -3.41. The molecule has 108 valence electrons. The summed E-state index contributed by atoms with van der Waals surface area (Å²) in [5.74, 6) is 0.